The van der Waals surface area contributed by atoms with E-state index in [0.717, 1.165) is 0 Å². The van der Waals surface area contributed by atoms with Gasteiger partial charge in [0, 0.05) is 23.1 Å². The second kappa shape index (κ2) is 5.33. The molecule has 2 nitrogen and oxygen atoms in total. The standard InChI is InChI=1S/C23H28NO/c1-17-9-10-18-21(20(17)19-8-4-7-15-24(19)2)25-23(13-14-23)16-22(18)11-5-3-6-12-22/h4,7-10,15H,3,5-6,11-14,16H2,1-2H3/q+1. The summed E-state index contributed by atoms with van der Waals surface area (Å²) in [6, 6.07) is 11.2. The van der Waals surface area contributed by atoms with Crippen LogP contribution < -0.4 is 9.30 Å². The van der Waals surface area contributed by atoms with Crippen LogP contribution in [0.3, 0.4) is 0 Å². The molecule has 2 fully saturated rings. The largest absolute Gasteiger partial charge is 0.486 e. The Kier molecular flexibility index (Phi) is 3.29. The highest BCUT2D eigenvalue weighted by atomic mass is 16.5. The molecule has 1 aromatic carbocycles. The van der Waals surface area contributed by atoms with Gasteiger partial charge in [0.05, 0.1) is 5.56 Å². The number of pyridine rings is 1. The van der Waals surface area contributed by atoms with E-state index >= 15 is 0 Å². The van der Waals surface area contributed by atoms with Gasteiger partial charge in [0.1, 0.15) is 18.4 Å². The SMILES string of the molecule is Cc1ccc2c(c1-c1cccc[n+]1C)OC1(CC1)CC21CCCCC1. The van der Waals surface area contributed by atoms with Crippen LogP contribution in [-0.4, -0.2) is 5.60 Å². The molecule has 0 amide bonds. The number of nitrogens with zero attached hydrogens (tertiary/aromatic N) is 1. The Labute approximate surface area is 150 Å². The Morgan fingerprint density at radius 3 is 2.48 bits per heavy atom. The van der Waals surface area contributed by atoms with Crippen molar-refractivity contribution in [3.8, 4) is 17.0 Å². The van der Waals surface area contributed by atoms with Crippen molar-refractivity contribution in [3.63, 3.8) is 0 Å². The van der Waals surface area contributed by atoms with Gasteiger partial charge in [-0.1, -0.05) is 31.4 Å². The molecule has 0 unspecified atom stereocenters. The number of rotatable bonds is 1. The molecule has 25 heavy (non-hydrogen) atoms. The number of aromatic nitrogens is 1. The first-order valence-electron chi connectivity index (χ1n) is 9.91. The quantitative estimate of drug-likeness (QED) is 0.669. The van der Waals surface area contributed by atoms with Crippen LogP contribution >= 0.6 is 0 Å². The molecule has 0 bridgehead atoms. The number of benzene rings is 1. The van der Waals surface area contributed by atoms with Gasteiger partial charge in [0.2, 0.25) is 5.69 Å². The van der Waals surface area contributed by atoms with Gasteiger partial charge in [-0.15, -0.1) is 0 Å². The first-order chi connectivity index (χ1) is 12.1. The first kappa shape index (κ1) is 15.4. The zero-order valence-electron chi connectivity index (χ0n) is 15.5. The van der Waals surface area contributed by atoms with E-state index in [4.69, 9.17) is 4.74 Å². The fraction of sp³-hybridized carbons (Fsp3) is 0.522. The highest BCUT2D eigenvalue weighted by Crippen LogP contribution is 2.61. The zero-order chi connectivity index (χ0) is 17.1. The molecule has 1 aromatic heterocycles. The molecular formula is C23H28NO+. The number of aryl methyl sites for hydroxylation is 2. The lowest BCUT2D eigenvalue weighted by atomic mass is 9.64. The van der Waals surface area contributed by atoms with Gasteiger partial charge in [-0.25, -0.2) is 4.57 Å². The van der Waals surface area contributed by atoms with Crippen LogP contribution in [0.25, 0.3) is 11.3 Å². The molecule has 2 saturated carbocycles. The topological polar surface area (TPSA) is 13.1 Å². The van der Waals surface area contributed by atoms with Crippen LogP contribution in [0.4, 0.5) is 0 Å². The number of hydrogen-bond acceptors (Lipinski definition) is 1. The van der Waals surface area contributed by atoms with Gasteiger partial charge in [-0.05, 0) is 50.7 Å². The van der Waals surface area contributed by atoms with Crippen LogP contribution in [0.5, 0.6) is 5.75 Å². The summed E-state index contributed by atoms with van der Waals surface area (Å²) < 4.78 is 9.00. The fourth-order valence-electron chi connectivity index (χ4n) is 5.36. The van der Waals surface area contributed by atoms with E-state index in [0.29, 0.717) is 5.41 Å². The van der Waals surface area contributed by atoms with E-state index in [9.17, 15) is 0 Å². The monoisotopic (exact) mass is 334 g/mol. The van der Waals surface area contributed by atoms with Crippen molar-refractivity contribution in [2.75, 3.05) is 0 Å². The van der Waals surface area contributed by atoms with Crippen LogP contribution in [0, 0.1) is 6.92 Å². The van der Waals surface area contributed by atoms with Crippen LogP contribution in [-0.2, 0) is 12.5 Å². The molecule has 0 N–H and O–H groups in total. The molecule has 0 atom stereocenters. The molecule has 2 heteroatoms. The first-order valence-corrected chi connectivity index (χ1v) is 9.91. The number of fused-ring (bicyclic) bond motifs is 2. The number of hydrogen-bond donors (Lipinski definition) is 0. The maximum Gasteiger partial charge on any atom is 0.216 e. The summed E-state index contributed by atoms with van der Waals surface area (Å²) in [7, 11) is 2.14. The summed E-state index contributed by atoms with van der Waals surface area (Å²) >= 11 is 0. The summed E-state index contributed by atoms with van der Waals surface area (Å²) in [4.78, 5) is 0. The van der Waals surface area contributed by atoms with Crippen molar-refractivity contribution in [2.24, 2.45) is 7.05 Å². The summed E-state index contributed by atoms with van der Waals surface area (Å²) in [6.45, 7) is 2.23. The maximum absolute atomic E-state index is 6.77. The van der Waals surface area contributed by atoms with E-state index in [-0.39, 0.29) is 5.60 Å². The third-order valence-corrected chi connectivity index (χ3v) is 6.85. The van der Waals surface area contributed by atoms with E-state index in [1.807, 2.05) is 0 Å². The summed E-state index contributed by atoms with van der Waals surface area (Å²) in [5.41, 5.74) is 5.90. The number of ether oxygens (including phenoxy) is 1. The second-order valence-corrected chi connectivity index (χ2v) is 8.63. The molecule has 1 aliphatic heterocycles. The molecule has 2 aliphatic carbocycles. The fourth-order valence-corrected chi connectivity index (χ4v) is 5.36. The Morgan fingerprint density at radius 1 is 0.960 bits per heavy atom. The Hall–Kier alpha value is -1.83. The minimum atomic E-state index is 0.139. The molecule has 5 rings (SSSR count). The lowest BCUT2D eigenvalue weighted by molar-refractivity contribution is -0.660. The van der Waals surface area contributed by atoms with E-state index < -0.39 is 0 Å². The van der Waals surface area contributed by atoms with Gasteiger partial charge >= 0.3 is 0 Å². The van der Waals surface area contributed by atoms with E-state index in [1.54, 1.807) is 0 Å². The minimum absolute atomic E-state index is 0.139. The third-order valence-electron chi connectivity index (χ3n) is 6.85. The average Bonchev–Trinajstić information content (AvgIpc) is 3.35. The van der Waals surface area contributed by atoms with Gasteiger partial charge in [0.15, 0.2) is 6.20 Å². The minimum Gasteiger partial charge on any atom is -0.486 e. The van der Waals surface area contributed by atoms with Gasteiger partial charge in [-0.3, -0.25) is 0 Å². The highest BCUT2D eigenvalue weighted by molar-refractivity contribution is 5.73. The normalized spacial score (nSPS) is 22.5. The van der Waals surface area contributed by atoms with Crippen LogP contribution in [0.15, 0.2) is 36.5 Å². The van der Waals surface area contributed by atoms with Gasteiger partial charge in [0.25, 0.3) is 0 Å². The van der Waals surface area contributed by atoms with Crippen molar-refractivity contribution in [1.82, 2.24) is 0 Å². The zero-order valence-corrected chi connectivity index (χ0v) is 15.5. The third kappa shape index (κ3) is 2.33. The van der Waals surface area contributed by atoms with Crippen molar-refractivity contribution < 1.29 is 9.30 Å². The Bertz CT molecular complexity index is 828. The molecule has 2 aromatic rings. The molecule has 0 saturated heterocycles. The average molecular weight is 334 g/mol. The van der Waals surface area contributed by atoms with Crippen molar-refractivity contribution in [3.05, 3.63) is 47.7 Å². The predicted octanol–water partition coefficient (Wildman–Crippen LogP) is 5.00. The molecule has 0 radical (unpaired) electrons. The van der Waals surface area contributed by atoms with E-state index in [2.05, 4.69) is 55.1 Å². The second-order valence-electron chi connectivity index (χ2n) is 8.63. The van der Waals surface area contributed by atoms with E-state index in [1.165, 1.54) is 79.5 Å². The van der Waals surface area contributed by atoms with Crippen LogP contribution in [0.2, 0.25) is 0 Å². The lowest BCUT2D eigenvalue weighted by Crippen LogP contribution is -2.42. The Balaban J connectivity index is 1.75. The smallest absolute Gasteiger partial charge is 0.216 e. The van der Waals surface area contributed by atoms with Crippen LogP contribution in [0.1, 0.15) is 62.5 Å². The van der Waals surface area contributed by atoms with Crippen molar-refractivity contribution in [1.29, 1.82) is 0 Å². The highest BCUT2D eigenvalue weighted by Gasteiger charge is 2.56. The summed E-state index contributed by atoms with van der Waals surface area (Å²) in [6.07, 6.45) is 12.7. The molecule has 2 spiro atoms. The summed E-state index contributed by atoms with van der Waals surface area (Å²) in [5.74, 6) is 1.20. The van der Waals surface area contributed by atoms with Gasteiger partial charge in [-0.2, -0.15) is 0 Å². The van der Waals surface area contributed by atoms with Crippen molar-refractivity contribution >= 4 is 0 Å². The molecule has 3 aliphatic rings. The molecule has 130 valence electrons. The Morgan fingerprint density at radius 2 is 1.76 bits per heavy atom. The lowest BCUT2D eigenvalue weighted by Gasteiger charge is -2.46. The van der Waals surface area contributed by atoms with Gasteiger partial charge < -0.3 is 4.74 Å². The predicted molar refractivity (Wildman–Crippen MR) is 99.8 cm³/mol. The molecule has 2 heterocycles. The maximum atomic E-state index is 6.77. The summed E-state index contributed by atoms with van der Waals surface area (Å²) in [5, 5.41) is 0. The van der Waals surface area contributed by atoms with Crippen molar-refractivity contribution in [2.45, 2.75) is 69.3 Å². The molecular weight excluding hydrogens is 306 g/mol.